The number of rotatable bonds is 6. The summed E-state index contributed by atoms with van der Waals surface area (Å²) >= 11 is 0. The Labute approximate surface area is 117 Å². The van der Waals surface area contributed by atoms with Crippen LogP contribution in [0, 0.1) is 11.6 Å². The first-order chi connectivity index (χ1) is 9.72. The maximum Gasteiger partial charge on any atom is 0.129 e. The third-order valence-electron chi connectivity index (χ3n) is 3.22. The van der Waals surface area contributed by atoms with Crippen molar-refractivity contribution in [1.29, 1.82) is 0 Å². The molecule has 2 rings (SSSR count). The topological polar surface area (TPSA) is 24.9 Å². The van der Waals surface area contributed by atoms with E-state index in [2.05, 4.69) is 17.2 Å². The largest absolute Gasteiger partial charge is 0.310 e. The average molecular weight is 276 g/mol. The van der Waals surface area contributed by atoms with E-state index in [0.717, 1.165) is 18.5 Å². The van der Waals surface area contributed by atoms with Crippen molar-refractivity contribution in [2.45, 2.75) is 25.8 Å². The van der Waals surface area contributed by atoms with Crippen LogP contribution < -0.4 is 5.32 Å². The third-order valence-corrected chi connectivity index (χ3v) is 3.22. The van der Waals surface area contributed by atoms with E-state index in [-0.39, 0.29) is 18.0 Å². The summed E-state index contributed by atoms with van der Waals surface area (Å²) in [6, 6.07) is 7.58. The van der Waals surface area contributed by atoms with Crippen molar-refractivity contribution in [2.75, 3.05) is 6.54 Å². The van der Waals surface area contributed by atoms with E-state index in [9.17, 15) is 8.78 Å². The van der Waals surface area contributed by atoms with Gasteiger partial charge in [-0.15, -0.1) is 0 Å². The molecule has 20 heavy (non-hydrogen) atoms. The van der Waals surface area contributed by atoms with Crippen LogP contribution in [0.1, 0.15) is 30.5 Å². The molecule has 0 saturated carbocycles. The Morgan fingerprint density at radius 2 is 1.75 bits per heavy atom. The second-order valence-corrected chi connectivity index (χ2v) is 4.69. The minimum atomic E-state index is -0.498. The van der Waals surface area contributed by atoms with Crippen molar-refractivity contribution in [3.8, 4) is 0 Å². The van der Waals surface area contributed by atoms with Gasteiger partial charge >= 0.3 is 0 Å². The minimum Gasteiger partial charge on any atom is -0.310 e. The minimum absolute atomic E-state index is 0.121. The average Bonchev–Trinajstić information content (AvgIpc) is 2.47. The first-order valence-electron chi connectivity index (χ1n) is 6.78. The molecular formula is C16H18F2N2. The zero-order valence-electron chi connectivity index (χ0n) is 11.4. The molecule has 106 valence electrons. The number of hydrogen-bond donors (Lipinski definition) is 1. The lowest BCUT2D eigenvalue weighted by Crippen LogP contribution is -2.25. The van der Waals surface area contributed by atoms with Gasteiger partial charge in [0, 0.05) is 24.0 Å². The Morgan fingerprint density at radius 3 is 2.35 bits per heavy atom. The van der Waals surface area contributed by atoms with Gasteiger partial charge in [0.15, 0.2) is 0 Å². The van der Waals surface area contributed by atoms with E-state index in [1.165, 1.54) is 18.2 Å². The normalized spacial score (nSPS) is 12.3. The van der Waals surface area contributed by atoms with E-state index in [1.54, 1.807) is 12.4 Å². The fraction of sp³-hybridized carbons (Fsp3) is 0.312. The number of nitrogens with one attached hydrogen (secondary N) is 1. The lowest BCUT2D eigenvalue weighted by molar-refractivity contribution is 0.490. The van der Waals surface area contributed by atoms with Crippen molar-refractivity contribution >= 4 is 0 Å². The SMILES string of the molecule is CCCNC(Cc1c(F)cccc1F)c1ccncc1. The van der Waals surface area contributed by atoms with Crippen LogP contribution in [-0.2, 0) is 6.42 Å². The molecule has 0 fully saturated rings. The molecule has 1 aromatic carbocycles. The summed E-state index contributed by atoms with van der Waals surface area (Å²) in [5.41, 5.74) is 1.11. The number of nitrogens with zero attached hydrogens (tertiary/aromatic N) is 1. The Kier molecular flexibility index (Phi) is 5.18. The summed E-state index contributed by atoms with van der Waals surface area (Å²) in [5.74, 6) is -0.996. The predicted octanol–water partition coefficient (Wildman–Crippen LogP) is 3.64. The van der Waals surface area contributed by atoms with Crippen LogP contribution in [0.4, 0.5) is 8.78 Å². The summed E-state index contributed by atoms with van der Waals surface area (Å²) in [6.45, 7) is 2.85. The van der Waals surface area contributed by atoms with Crippen LogP contribution >= 0.6 is 0 Å². The molecule has 1 unspecified atom stereocenters. The van der Waals surface area contributed by atoms with Gasteiger partial charge in [-0.2, -0.15) is 0 Å². The quantitative estimate of drug-likeness (QED) is 0.871. The molecule has 1 atom stereocenters. The number of hydrogen-bond acceptors (Lipinski definition) is 2. The monoisotopic (exact) mass is 276 g/mol. The van der Waals surface area contributed by atoms with E-state index in [4.69, 9.17) is 0 Å². The molecule has 1 aromatic heterocycles. The Balaban J connectivity index is 2.24. The van der Waals surface area contributed by atoms with Crippen molar-refractivity contribution in [3.05, 3.63) is 65.5 Å². The van der Waals surface area contributed by atoms with Crippen LogP contribution in [-0.4, -0.2) is 11.5 Å². The van der Waals surface area contributed by atoms with Crippen LogP contribution in [0.5, 0.6) is 0 Å². The third kappa shape index (κ3) is 3.61. The molecule has 0 aliphatic carbocycles. The molecule has 1 N–H and O–H groups in total. The fourth-order valence-electron chi connectivity index (χ4n) is 2.15. The molecule has 0 bridgehead atoms. The van der Waals surface area contributed by atoms with Gasteiger partial charge in [-0.1, -0.05) is 13.0 Å². The molecule has 0 spiro atoms. The summed E-state index contributed by atoms with van der Waals surface area (Å²) in [5, 5.41) is 3.33. The van der Waals surface area contributed by atoms with Crippen LogP contribution in [0.25, 0.3) is 0 Å². The van der Waals surface area contributed by atoms with Crippen LogP contribution in [0.3, 0.4) is 0 Å². The van der Waals surface area contributed by atoms with E-state index < -0.39 is 11.6 Å². The lowest BCUT2D eigenvalue weighted by Gasteiger charge is -2.19. The summed E-state index contributed by atoms with van der Waals surface area (Å²) in [7, 11) is 0. The number of pyridine rings is 1. The fourth-order valence-corrected chi connectivity index (χ4v) is 2.15. The Morgan fingerprint density at radius 1 is 1.10 bits per heavy atom. The zero-order chi connectivity index (χ0) is 14.4. The molecule has 0 amide bonds. The van der Waals surface area contributed by atoms with Gasteiger partial charge in [-0.3, -0.25) is 4.98 Å². The second kappa shape index (κ2) is 7.10. The van der Waals surface area contributed by atoms with Crippen molar-refractivity contribution in [3.63, 3.8) is 0 Å². The maximum atomic E-state index is 13.8. The van der Waals surface area contributed by atoms with Gasteiger partial charge in [0.1, 0.15) is 11.6 Å². The molecule has 4 heteroatoms. The maximum absolute atomic E-state index is 13.8. The molecule has 0 radical (unpaired) electrons. The highest BCUT2D eigenvalue weighted by Crippen LogP contribution is 2.22. The number of halogens is 2. The predicted molar refractivity (Wildman–Crippen MR) is 75.3 cm³/mol. The van der Waals surface area contributed by atoms with Gasteiger partial charge in [-0.25, -0.2) is 8.78 Å². The molecule has 1 heterocycles. The van der Waals surface area contributed by atoms with E-state index in [1.807, 2.05) is 12.1 Å². The van der Waals surface area contributed by atoms with Crippen LogP contribution in [0.2, 0.25) is 0 Å². The highest BCUT2D eigenvalue weighted by Gasteiger charge is 2.16. The van der Waals surface area contributed by atoms with Crippen LogP contribution in [0.15, 0.2) is 42.7 Å². The Hall–Kier alpha value is -1.81. The smallest absolute Gasteiger partial charge is 0.129 e. The lowest BCUT2D eigenvalue weighted by atomic mass is 9.99. The Bertz CT molecular complexity index is 523. The van der Waals surface area contributed by atoms with Crippen molar-refractivity contribution in [2.24, 2.45) is 0 Å². The van der Waals surface area contributed by atoms with E-state index in [0.29, 0.717) is 0 Å². The molecule has 2 aromatic rings. The first kappa shape index (κ1) is 14.6. The number of aromatic nitrogens is 1. The summed E-state index contributed by atoms with van der Waals surface area (Å²) in [6.07, 6.45) is 4.62. The van der Waals surface area contributed by atoms with Gasteiger partial charge in [0.2, 0.25) is 0 Å². The second-order valence-electron chi connectivity index (χ2n) is 4.69. The molecule has 0 saturated heterocycles. The van der Waals surface area contributed by atoms with E-state index >= 15 is 0 Å². The standard InChI is InChI=1S/C16H18F2N2/c1-2-8-20-16(12-6-9-19-10-7-12)11-13-14(17)4-3-5-15(13)18/h3-7,9-10,16,20H,2,8,11H2,1H3. The molecule has 2 nitrogen and oxygen atoms in total. The highest BCUT2D eigenvalue weighted by molar-refractivity contribution is 5.24. The highest BCUT2D eigenvalue weighted by atomic mass is 19.1. The van der Waals surface area contributed by atoms with Gasteiger partial charge in [0.05, 0.1) is 0 Å². The first-order valence-corrected chi connectivity index (χ1v) is 6.78. The molecule has 0 aliphatic heterocycles. The summed E-state index contributed by atoms with van der Waals surface area (Å²) < 4.78 is 27.5. The molecule has 0 aliphatic rings. The van der Waals surface area contributed by atoms with Crippen molar-refractivity contribution in [1.82, 2.24) is 10.3 Å². The molecular weight excluding hydrogens is 258 g/mol. The number of benzene rings is 1. The van der Waals surface area contributed by atoms with Gasteiger partial charge < -0.3 is 5.32 Å². The summed E-state index contributed by atoms with van der Waals surface area (Å²) in [4.78, 5) is 3.97. The zero-order valence-corrected chi connectivity index (χ0v) is 11.4. The van der Waals surface area contributed by atoms with Gasteiger partial charge in [0.25, 0.3) is 0 Å². The van der Waals surface area contributed by atoms with Crippen molar-refractivity contribution < 1.29 is 8.78 Å². The van der Waals surface area contributed by atoms with Gasteiger partial charge in [-0.05, 0) is 49.2 Å².